The number of amides is 2. The Morgan fingerprint density at radius 3 is 2.40 bits per heavy atom. The molecule has 0 fully saturated rings. The number of nitriles is 1. The van der Waals surface area contributed by atoms with E-state index in [9.17, 15) is 18.0 Å². The van der Waals surface area contributed by atoms with Crippen molar-refractivity contribution in [2.24, 2.45) is 5.73 Å². The van der Waals surface area contributed by atoms with Crippen LogP contribution in [0.15, 0.2) is 0 Å². The first-order valence-corrected chi connectivity index (χ1v) is 5.89. The zero-order valence-corrected chi connectivity index (χ0v) is 8.87. The lowest BCUT2D eigenvalue weighted by molar-refractivity contribution is -0.127. The molecule has 0 aromatic rings. The van der Waals surface area contributed by atoms with Gasteiger partial charge in [-0.25, -0.2) is 8.42 Å². The van der Waals surface area contributed by atoms with Crippen LogP contribution >= 0.6 is 0 Å². The summed E-state index contributed by atoms with van der Waals surface area (Å²) in [5.74, 6) is -2.23. The van der Waals surface area contributed by atoms with Gasteiger partial charge in [0, 0.05) is 12.8 Å². The number of primary amides is 1. The van der Waals surface area contributed by atoms with Crippen molar-refractivity contribution in [2.45, 2.75) is 11.7 Å². The third-order valence-electron chi connectivity index (χ3n) is 1.46. The normalized spacial score (nSPS) is 12.5. The van der Waals surface area contributed by atoms with Crippen LogP contribution in [0.25, 0.3) is 0 Å². The van der Waals surface area contributed by atoms with Crippen LogP contribution in [0.2, 0.25) is 0 Å². The van der Waals surface area contributed by atoms with Gasteiger partial charge >= 0.3 is 0 Å². The predicted molar refractivity (Wildman–Crippen MR) is 51.1 cm³/mol. The monoisotopic (exact) mass is 233 g/mol. The largest absolute Gasteiger partial charge is 0.368 e. The van der Waals surface area contributed by atoms with E-state index in [0.29, 0.717) is 0 Å². The average molecular weight is 233 g/mol. The molecule has 1 unspecified atom stereocenters. The maximum absolute atomic E-state index is 11.2. The lowest BCUT2D eigenvalue weighted by Gasteiger charge is -2.10. The number of sulfone groups is 1. The molecule has 15 heavy (non-hydrogen) atoms. The Morgan fingerprint density at radius 1 is 1.53 bits per heavy atom. The number of carbonyl (C=O) groups excluding carboxylic acids is 2. The number of hydrogen-bond donors (Lipinski definition) is 2. The number of carbonyl (C=O) groups is 2. The molecule has 0 saturated heterocycles. The minimum atomic E-state index is -3.87. The molecule has 0 radical (unpaired) electrons. The molecule has 8 heteroatoms. The van der Waals surface area contributed by atoms with Gasteiger partial charge in [-0.2, -0.15) is 5.26 Å². The van der Waals surface area contributed by atoms with Crippen LogP contribution in [0.1, 0.15) is 6.42 Å². The molecule has 84 valence electrons. The molecule has 0 aromatic carbocycles. The molecule has 0 rings (SSSR count). The van der Waals surface area contributed by atoms with Crippen LogP contribution in [0, 0.1) is 11.3 Å². The summed E-state index contributed by atoms with van der Waals surface area (Å²) in [5, 5.41) is 8.41. The molecular formula is C7H11N3O4S. The zero-order chi connectivity index (χ0) is 12.1. The van der Waals surface area contributed by atoms with Gasteiger partial charge in [-0.1, -0.05) is 0 Å². The van der Waals surface area contributed by atoms with Crippen LogP contribution in [0.5, 0.6) is 0 Å². The van der Waals surface area contributed by atoms with Gasteiger partial charge < -0.3 is 11.1 Å². The molecule has 1 atom stereocenters. The quantitative estimate of drug-likeness (QED) is 0.415. The smallest absolute Gasteiger partial charge is 0.248 e. The minimum absolute atomic E-state index is 0.0192. The predicted octanol–water partition coefficient (Wildman–Crippen LogP) is -2.09. The Kier molecular flexibility index (Phi) is 4.73. The van der Waals surface area contributed by atoms with Gasteiger partial charge in [0.15, 0.2) is 9.84 Å². The van der Waals surface area contributed by atoms with Crippen LogP contribution < -0.4 is 11.1 Å². The van der Waals surface area contributed by atoms with Gasteiger partial charge in [-0.05, 0) is 0 Å². The number of hydrogen-bond acceptors (Lipinski definition) is 5. The molecule has 3 N–H and O–H groups in total. The van der Waals surface area contributed by atoms with Crippen molar-refractivity contribution >= 4 is 21.7 Å². The van der Waals surface area contributed by atoms with Crippen molar-refractivity contribution < 1.29 is 18.0 Å². The molecular weight excluding hydrogens is 222 g/mol. The second-order valence-corrected chi connectivity index (χ2v) is 4.94. The lowest BCUT2D eigenvalue weighted by atomic mass is 10.3. The van der Waals surface area contributed by atoms with E-state index < -0.39 is 26.9 Å². The molecule has 0 heterocycles. The summed E-state index contributed by atoms with van der Waals surface area (Å²) in [6.07, 6.45) is 0.771. The van der Waals surface area contributed by atoms with E-state index in [1.165, 1.54) is 0 Å². The van der Waals surface area contributed by atoms with Gasteiger partial charge in [0.05, 0.1) is 12.5 Å². The van der Waals surface area contributed by atoms with E-state index in [4.69, 9.17) is 11.0 Å². The van der Waals surface area contributed by atoms with Crippen molar-refractivity contribution in [1.82, 2.24) is 5.32 Å². The average Bonchev–Trinajstić information content (AvgIpc) is 2.00. The Labute approximate surface area is 87.2 Å². The summed E-state index contributed by atoms with van der Waals surface area (Å²) in [6, 6.07) is 1.75. The highest BCUT2D eigenvalue weighted by atomic mass is 32.2. The molecule has 7 nitrogen and oxygen atoms in total. The Bertz CT molecular complexity index is 395. The molecule has 0 spiro atoms. The minimum Gasteiger partial charge on any atom is -0.368 e. The summed E-state index contributed by atoms with van der Waals surface area (Å²) in [5.41, 5.74) is 4.78. The molecule has 0 aliphatic carbocycles. The number of nitrogens with one attached hydrogen (secondary N) is 1. The third kappa shape index (κ3) is 4.42. The van der Waals surface area contributed by atoms with E-state index in [0.717, 1.165) is 6.26 Å². The molecule has 0 bridgehead atoms. The summed E-state index contributed by atoms with van der Waals surface area (Å²) >= 11 is 0. The van der Waals surface area contributed by atoms with E-state index in [-0.39, 0.29) is 13.0 Å². The van der Waals surface area contributed by atoms with Crippen LogP contribution in [0.3, 0.4) is 0 Å². The van der Waals surface area contributed by atoms with Crippen molar-refractivity contribution in [3.63, 3.8) is 0 Å². The number of nitrogens with zero attached hydrogens (tertiary/aromatic N) is 1. The summed E-state index contributed by atoms with van der Waals surface area (Å²) in [7, 11) is -3.87. The summed E-state index contributed by atoms with van der Waals surface area (Å²) < 4.78 is 22.0. The molecule has 0 aliphatic rings. The van der Waals surface area contributed by atoms with E-state index in [2.05, 4.69) is 5.32 Å². The van der Waals surface area contributed by atoms with E-state index >= 15 is 0 Å². The summed E-state index contributed by atoms with van der Waals surface area (Å²) in [6.45, 7) is -0.0192. The maximum atomic E-state index is 11.2. The second-order valence-electron chi connectivity index (χ2n) is 2.81. The molecule has 0 aliphatic heterocycles. The fourth-order valence-electron chi connectivity index (χ4n) is 0.869. The third-order valence-corrected chi connectivity index (χ3v) is 2.76. The van der Waals surface area contributed by atoms with Crippen LogP contribution in [-0.4, -0.2) is 38.3 Å². The molecule has 0 saturated carbocycles. The second kappa shape index (κ2) is 5.31. The van der Waals surface area contributed by atoms with Gasteiger partial charge in [0.25, 0.3) is 0 Å². The number of nitrogens with two attached hydrogens (primary N) is 1. The molecule has 0 aromatic heterocycles. The topological polar surface area (TPSA) is 130 Å². The van der Waals surface area contributed by atoms with Gasteiger partial charge in [-0.3, -0.25) is 9.59 Å². The highest BCUT2D eigenvalue weighted by Gasteiger charge is 2.34. The van der Waals surface area contributed by atoms with Crippen LogP contribution in [-0.2, 0) is 19.4 Å². The Morgan fingerprint density at radius 2 is 2.07 bits per heavy atom. The van der Waals surface area contributed by atoms with Gasteiger partial charge in [-0.15, -0.1) is 0 Å². The lowest BCUT2D eigenvalue weighted by Crippen LogP contribution is -2.47. The van der Waals surface area contributed by atoms with Crippen molar-refractivity contribution in [3.8, 4) is 6.07 Å². The van der Waals surface area contributed by atoms with Crippen molar-refractivity contribution in [1.29, 1.82) is 5.26 Å². The van der Waals surface area contributed by atoms with Gasteiger partial charge in [0.2, 0.25) is 17.1 Å². The van der Waals surface area contributed by atoms with E-state index in [1.807, 2.05) is 0 Å². The van der Waals surface area contributed by atoms with E-state index in [1.54, 1.807) is 6.07 Å². The van der Waals surface area contributed by atoms with Crippen molar-refractivity contribution in [2.75, 3.05) is 12.8 Å². The Hall–Kier alpha value is -1.62. The fourth-order valence-corrected chi connectivity index (χ4v) is 1.76. The molecule has 2 amide bonds. The highest BCUT2D eigenvalue weighted by molar-refractivity contribution is 7.92. The SMILES string of the molecule is CS(=O)(=O)C(C(N)=O)C(=O)NCCC#N. The Balaban J connectivity index is 4.62. The first kappa shape index (κ1) is 13.4. The first-order valence-electron chi connectivity index (χ1n) is 3.93. The summed E-state index contributed by atoms with van der Waals surface area (Å²) in [4.78, 5) is 21.9. The maximum Gasteiger partial charge on any atom is 0.248 e. The van der Waals surface area contributed by atoms with Crippen LogP contribution in [0.4, 0.5) is 0 Å². The highest BCUT2D eigenvalue weighted by Crippen LogP contribution is 1.98. The van der Waals surface area contributed by atoms with Crippen molar-refractivity contribution in [3.05, 3.63) is 0 Å². The first-order chi connectivity index (χ1) is 6.80. The standard InChI is InChI=1S/C7H11N3O4S/c1-15(13,14)5(6(9)11)7(12)10-4-2-3-8/h5H,2,4H2,1H3,(H2,9,11)(H,10,12). The number of rotatable bonds is 5. The van der Waals surface area contributed by atoms with Gasteiger partial charge in [0.1, 0.15) is 0 Å². The fraction of sp³-hybridized carbons (Fsp3) is 0.571. The zero-order valence-electron chi connectivity index (χ0n) is 8.06.